The number of methoxy groups -OCH3 is 1. The molecule has 0 fully saturated rings. The van der Waals surface area contributed by atoms with Crippen molar-refractivity contribution in [1.29, 1.82) is 0 Å². The zero-order valence-corrected chi connectivity index (χ0v) is 15.0. The maximum atomic E-state index is 12.5. The van der Waals surface area contributed by atoms with Crippen LogP contribution in [-0.4, -0.2) is 32.8 Å². The molecule has 0 aliphatic rings. The predicted octanol–water partition coefficient (Wildman–Crippen LogP) is 3.60. The highest BCUT2D eigenvalue weighted by atomic mass is 16.5. The van der Waals surface area contributed by atoms with E-state index in [9.17, 15) is 4.79 Å². The van der Waals surface area contributed by atoms with Gasteiger partial charge >= 0.3 is 0 Å². The van der Waals surface area contributed by atoms with E-state index in [1.54, 1.807) is 25.3 Å². The third-order valence-electron chi connectivity index (χ3n) is 3.71. The second-order valence-electron chi connectivity index (χ2n) is 5.37. The van der Waals surface area contributed by atoms with E-state index >= 15 is 0 Å². The highest BCUT2D eigenvalue weighted by Crippen LogP contribution is 2.28. The number of rotatable bonds is 9. The van der Waals surface area contributed by atoms with Crippen LogP contribution in [0.25, 0.3) is 0 Å². The molecule has 0 saturated heterocycles. The molecule has 0 saturated carbocycles. The SMILES string of the molecule is CCOc1ccc(C(=O)NCC(OC)c2ccccc2)cc1OCC. The lowest BCUT2D eigenvalue weighted by Gasteiger charge is -2.17. The third kappa shape index (κ3) is 5.22. The lowest BCUT2D eigenvalue weighted by molar-refractivity contribution is 0.0827. The van der Waals surface area contributed by atoms with Gasteiger partial charge in [0.05, 0.1) is 19.3 Å². The van der Waals surface area contributed by atoms with Gasteiger partial charge in [0.15, 0.2) is 11.5 Å². The van der Waals surface area contributed by atoms with Crippen molar-refractivity contribution < 1.29 is 19.0 Å². The summed E-state index contributed by atoms with van der Waals surface area (Å²) in [5.41, 5.74) is 1.54. The van der Waals surface area contributed by atoms with E-state index in [1.165, 1.54) is 0 Å². The predicted molar refractivity (Wildman–Crippen MR) is 97.3 cm³/mol. The lowest BCUT2D eigenvalue weighted by atomic mass is 10.1. The van der Waals surface area contributed by atoms with E-state index < -0.39 is 0 Å². The van der Waals surface area contributed by atoms with Gasteiger partial charge < -0.3 is 19.5 Å². The van der Waals surface area contributed by atoms with Crippen molar-refractivity contribution in [2.45, 2.75) is 20.0 Å². The largest absolute Gasteiger partial charge is 0.490 e. The van der Waals surface area contributed by atoms with Crippen LogP contribution in [0.3, 0.4) is 0 Å². The fraction of sp³-hybridized carbons (Fsp3) is 0.350. The van der Waals surface area contributed by atoms with Gasteiger partial charge in [0.1, 0.15) is 0 Å². The van der Waals surface area contributed by atoms with Gasteiger partial charge in [0.25, 0.3) is 5.91 Å². The zero-order chi connectivity index (χ0) is 18.1. The minimum Gasteiger partial charge on any atom is -0.490 e. The molecule has 0 aliphatic carbocycles. The molecule has 1 atom stereocenters. The van der Waals surface area contributed by atoms with Gasteiger partial charge in [-0.25, -0.2) is 0 Å². The molecule has 25 heavy (non-hydrogen) atoms. The van der Waals surface area contributed by atoms with Crippen LogP contribution in [-0.2, 0) is 4.74 Å². The Balaban J connectivity index is 2.05. The molecule has 5 heteroatoms. The Labute approximate surface area is 148 Å². The van der Waals surface area contributed by atoms with E-state index in [4.69, 9.17) is 14.2 Å². The number of amides is 1. The highest BCUT2D eigenvalue weighted by Gasteiger charge is 2.15. The first kappa shape index (κ1) is 18.8. The van der Waals surface area contributed by atoms with E-state index in [0.29, 0.717) is 36.8 Å². The number of hydrogen-bond donors (Lipinski definition) is 1. The van der Waals surface area contributed by atoms with Crippen LogP contribution >= 0.6 is 0 Å². The summed E-state index contributed by atoms with van der Waals surface area (Å²) in [6.07, 6.45) is -0.195. The Hall–Kier alpha value is -2.53. The number of nitrogens with one attached hydrogen (secondary N) is 1. The Morgan fingerprint density at radius 3 is 2.32 bits per heavy atom. The van der Waals surface area contributed by atoms with Gasteiger partial charge in [-0.1, -0.05) is 30.3 Å². The molecule has 5 nitrogen and oxygen atoms in total. The first-order valence-corrected chi connectivity index (χ1v) is 8.45. The maximum Gasteiger partial charge on any atom is 0.251 e. The molecule has 0 bridgehead atoms. The van der Waals surface area contributed by atoms with Gasteiger partial charge in [-0.05, 0) is 37.6 Å². The van der Waals surface area contributed by atoms with Gasteiger partial charge in [0.2, 0.25) is 0 Å². The first-order chi connectivity index (χ1) is 12.2. The van der Waals surface area contributed by atoms with Crippen molar-refractivity contribution in [3.8, 4) is 11.5 Å². The van der Waals surface area contributed by atoms with Gasteiger partial charge in [0, 0.05) is 19.2 Å². The average molecular weight is 343 g/mol. The molecule has 0 aliphatic heterocycles. The second kappa shape index (κ2) is 9.69. The van der Waals surface area contributed by atoms with Crippen LogP contribution in [0.1, 0.15) is 35.9 Å². The van der Waals surface area contributed by atoms with Gasteiger partial charge in [-0.15, -0.1) is 0 Å². The Morgan fingerprint density at radius 1 is 1.00 bits per heavy atom. The Bertz CT molecular complexity index is 673. The van der Waals surface area contributed by atoms with E-state index in [2.05, 4.69) is 5.32 Å². The number of carbonyl (C=O) groups is 1. The molecule has 2 aromatic carbocycles. The summed E-state index contributed by atoms with van der Waals surface area (Å²) in [4.78, 5) is 12.5. The topological polar surface area (TPSA) is 56.8 Å². The monoisotopic (exact) mass is 343 g/mol. The van der Waals surface area contributed by atoms with E-state index in [0.717, 1.165) is 5.56 Å². The minimum absolute atomic E-state index is 0.179. The summed E-state index contributed by atoms with van der Waals surface area (Å²) in [7, 11) is 1.63. The molecule has 1 amide bonds. The maximum absolute atomic E-state index is 12.5. The molecule has 2 aromatic rings. The van der Waals surface area contributed by atoms with Crippen molar-refractivity contribution in [3.05, 3.63) is 59.7 Å². The molecular weight excluding hydrogens is 318 g/mol. The smallest absolute Gasteiger partial charge is 0.251 e. The van der Waals surface area contributed by atoms with Crippen molar-refractivity contribution in [1.82, 2.24) is 5.32 Å². The number of benzene rings is 2. The standard InChI is InChI=1S/C20H25NO4/c1-4-24-17-12-11-16(13-18(17)25-5-2)20(22)21-14-19(23-3)15-9-7-6-8-10-15/h6-13,19H,4-5,14H2,1-3H3,(H,21,22). The molecule has 0 aromatic heterocycles. The number of ether oxygens (including phenoxy) is 3. The molecule has 0 radical (unpaired) electrons. The average Bonchev–Trinajstić information content (AvgIpc) is 2.64. The van der Waals surface area contributed by atoms with Crippen LogP contribution in [0.5, 0.6) is 11.5 Å². The Morgan fingerprint density at radius 2 is 1.68 bits per heavy atom. The molecule has 134 valence electrons. The van der Waals surface area contributed by atoms with Gasteiger partial charge in [-0.3, -0.25) is 4.79 Å². The molecule has 2 rings (SSSR count). The van der Waals surface area contributed by atoms with Crippen molar-refractivity contribution in [3.63, 3.8) is 0 Å². The van der Waals surface area contributed by atoms with Crippen LogP contribution in [0, 0.1) is 0 Å². The summed E-state index contributed by atoms with van der Waals surface area (Å²) >= 11 is 0. The highest BCUT2D eigenvalue weighted by molar-refractivity contribution is 5.94. The van der Waals surface area contributed by atoms with Crippen LogP contribution in [0.4, 0.5) is 0 Å². The number of carbonyl (C=O) groups excluding carboxylic acids is 1. The second-order valence-corrected chi connectivity index (χ2v) is 5.37. The zero-order valence-electron chi connectivity index (χ0n) is 15.0. The van der Waals surface area contributed by atoms with E-state index in [-0.39, 0.29) is 12.0 Å². The van der Waals surface area contributed by atoms with Crippen molar-refractivity contribution in [2.75, 3.05) is 26.9 Å². The normalized spacial score (nSPS) is 11.6. The molecular formula is C20H25NO4. The quantitative estimate of drug-likeness (QED) is 0.756. The molecule has 1 unspecified atom stereocenters. The van der Waals surface area contributed by atoms with Gasteiger partial charge in [-0.2, -0.15) is 0 Å². The summed E-state index contributed by atoms with van der Waals surface area (Å²) in [5.74, 6) is 1.03. The summed E-state index contributed by atoms with van der Waals surface area (Å²) in [5, 5.41) is 2.91. The lowest BCUT2D eigenvalue weighted by Crippen LogP contribution is -2.29. The van der Waals surface area contributed by atoms with Crippen LogP contribution < -0.4 is 14.8 Å². The van der Waals surface area contributed by atoms with Crippen LogP contribution in [0.2, 0.25) is 0 Å². The fourth-order valence-corrected chi connectivity index (χ4v) is 2.48. The van der Waals surface area contributed by atoms with E-state index in [1.807, 2.05) is 44.2 Å². The molecule has 0 spiro atoms. The molecule has 0 heterocycles. The summed E-state index contributed by atoms with van der Waals surface area (Å²) in [6.45, 7) is 5.23. The summed E-state index contributed by atoms with van der Waals surface area (Å²) in [6, 6.07) is 15.0. The fourth-order valence-electron chi connectivity index (χ4n) is 2.48. The Kier molecular flexibility index (Phi) is 7.29. The number of hydrogen-bond acceptors (Lipinski definition) is 4. The van der Waals surface area contributed by atoms with Crippen molar-refractivity contribution >= 4 is 5.91 Å². The first-order valence-electron chi connectivity index (χ1n) is 8.45. The third-order valence-corrected chi connectivity index (χ3v) is 3.71. The molecule has 1 N–H and O–H groups in total. The van der Waals surface area contributed by atoms with Crippen LogP contribution in [0.15, 0.2) is 48.5 Å². The van der Waals surface area contributed by atoms with Crippen molar-refractivity contribution in [2.24, 2.45) is 0 Å². The summed E-state index contributed by atoms with van der Waals surface area (Å²) < 4.78 is 16.6. The minimum atomic E-state index is -0.195.